The fraction of sp³-hybridized carbons (Fsp3) is 0.176. The number of halogens is 1. The second-order valence-corrected chi connectivity index (χ2v) is 5.54. The molecule has 0 aliphatic heterocycles. The third-order valence-electron chi connectivity index (χ3n) is 3.52. The Labute approximate surface area is 150 Å². The summed E-state index contributed by atoms with van der Waals surface area (Å²) in [6, 6.07) is 6.52. The Kier molecular flexibility index (Phi) is 5.93. The van der Waals surface area contributed by atoms with Crippen LogP contribution >= 0.6 is 11.6 Å². The molecule has 0 unspecified atom stereocenters. The molecule has 7 nitrogen and oxygen atoms in total. The van der Waals surface area contributed by atoms with Gasteiger partial charge in [-0.25, -0.2) is 9.98 Å². The van der Waals surface area contributed by atoms with Gasteiger partial charge < -0.3 is 11.5 Å². The van der Waals surface area contributed by atoms with Crippen molar-refractivity contribution in [1.82, 2.24) is 10.3 Å². The summed E-state index contributed by atoms with van der Waals surface area (Å²) in [6.07, 6.45) is 4.72. The molecule has 8 heteroatoms. The number of nitrogens with zero attached hydrogens (tertiary/aromatic N) is 3. The molecule has 5 N–H and O–H groups in total. The quantitative estimate of drug-likeness (QED) is 0.189. The van der Waals surface area contributed by atoms with Gasteiger partial charge in [0.2, 0.25) is 5.91 Å². The Balaban J connectivity index is 2.63. The second kappa shape index (κ2) is 8.13. The number of carbonyl (C=O) groups excluding carboxylic acids is 1. The summed E-state index contributed by atoms with van der Waals surface area (Å²) in [6.45, 7) is 1.97. The number of nitrogens with one attached hydrogen (secondary N) is 1. The molecular formula is C17H17ClN6O. The van der Waals surface area contributed by atoms with E-state index in [1.165, 1.54) is 6.20 Å². The van der Waals surface area contributed by atoms with Gasteiger partial charge in [0.05, 0.1) is 0 Å². The lowest BCUT2D eigenvalue weighted by Gasteiger charge is -2.15. The van der Waals surface area contributed by atoms with E-state index < -0.39 is 5.91 Å². The highest BCUT2D eigenvalue weighted by atomic mass is 35.5. The number of rotatable bonds is 5. The molecule has 25 heavy (non-hydrogen) atoms. The highest BCUT2D eigenvalue weighted by Gasteiger charge is 2.17. The third-order valence-corrected chi connectivity index (χ3v) is 3.81. The number of aromatic nitrogens is 1. The van der Waals surface area contributed by atoms with Gasteiger partial charge in [-0.2, -0.15) is 5.26 Å². The summed E-state index contributed by atoms with van der Waals surface area (Å²) >= 11 is 6.02. The van der Waals surface area contributed by atoms with E-state index in [0.29, 0.717) is 34.5 Å². The Bertz CT molecular complexity index is 872. The van der Waals surface area contributed by atoms with Crippen molar-refractivity contribution in [2.75, 3.05) is 5.73 Å². The van der Waals surface area contributed by atoms with Gasteiger partial charge in [-0.1, -0.05) is 24.9 Å². The van der Waals surface area contributed by atoms with Crippen LogP contribution in [0.15, 0.2) is 35.5 Å². The van der Waals surface area contributed by atoms with Gasteiger partial charge in [0.25, 0.3) is 0 Å². The van der Waals surface area contributed by atoms with Gasteiger partial charge in [0.15, 0.2) is 11.3 Å². The molecule has 0 radical (unpaired) electrons. The molecular weight excluding hydrogens is 340 g/mol. The number of nitrogen functional groups attached to an aromatic ring is 1. The first-order chi connectivity index (χ1) is 12.0. The fourth-order valence-corrected chi connectivity index (χ4v) is 2.57. The van der Waals surface area contributed by atoms with Gasteiger partial charge in [-0.3, -0.25) is 10.1 Å². The predicted octanol–water partition coefficient (Wildman–Crippen LogP) is 2.52. The zero-order valence-electron chi connectivity index (χ0n) is 13.6. The van der Waals surface area contributed by atoms with Crippen molar-refractivity contribution >= 4 is 34.7 Å². The van der Waals surface area contributed by atoms with Gasteiger partial charge in [0, 0.05) is 23.0 Å². The number of aliphatic imine (C=N–C) groups is 1. The van der Waals surface area contributed by atoms with Crippen LogP contribution in [-0.2, 0) is 6.42 Å². The first-order valence-electron chi connectivity index (χ1n) is 7.55. The molecule has 0 saturated carbocycles. The largest absolute Gasteiger partial charge is 0.398 e. The first kappa shape index (κ1) is 18.2. The van der Waals surface area contributed by atoms with Gasteiger partial charge in [0.1, 0.15) is 11.5 Å². The van der Waals surface area contributed by atoms with Crippen molar-refractivity contribution in [1.29, 1.82) is 5.26 Å². The van der Waals surface area contributed by atoms with E-state index in [2.05, 4.69) is 15.3 Å². The van der Waals surface area contributed by atoms with Crippen LogP contribution in [-0.4, -0.2) is 16.7 Å². The van der Waals surface area contributed by atoms with E-state index in [4.69, 9.17) is 28.3 Å². The number of pyridine rings is 1. The summed E-state index contributed by atoms with van der Waals surface area (Å²) in [7, 11) is 0. The molecule has 1 heterocycles. The number of hydrogen-bond acceptors (Lipinski definition) is 5. The zero-order chi connectivity index (χ0) is 18.4. The van der Waals surface area contributed by atoms with E-state index in [1.54, 1.807) is 24.3 Å². The minimum absolute atomic E-state index is 0.195. The van der Waals surface area contributed by atoms with E-state index in [-0.39, 0.29) is 11.0 Å². The standard InChI is InChI=1S/C17H17ClN6O/c1-2-4-10-11(16(21)25)6-7-12(14(10)20)17(23-9-19)24-13-5-3-8-22-15(13)18/h3,5-8H,2,4,20H2,1H3,(H2,21,25)(H,23,24). The fourth-order valence-electron chi connectivity index (χ4n) is 2.41. The molecule has 2 rings (SSSR count). The summed E-state index contributed by atoms with van der Waals surface area (Å²) in [5.74, 6) is -0.341. The second-order valence-electron chi connectivity index (χ2n) is 5.18. The molecule has 0 saturated heterocycles. The molecule has 0 atom stereocenters. The monoisotopic (exact) mass is 356 g/mol. The van der Waals surface area contributed by atoms with Crippen molar-refractivity contribution in [2.24, 2.45) is 10.7 Å². The maximum absolute atomic E-state index is 11.6. The summed E-state index contributed by atoms with van der Waals surface area (Å²) < 4.78 is 0. The molecule has 1 amide bonds. The van der Waals surface area contributed by atoms with E-state index in [9.17, 15) is 4.79 Å². The van der Waals surface area contributed by atoms with Crippen molar-refractivity contribution < 1.29 is 4.79 Å². The number of amides is 1. The van der Waals surface area contributed by atoms with Crippen LogP contribution in [0.1, 0.15) is 34.8 Å². The molecule has 128 valence electrons. The third kappa shape index (κ3) is 4.05. The normalized spacial score (nSPS) is 11.0. The van der Waals surface area contributed by atoms with Crippen LogP contribution in [0.2, 0.25) is 5.15 Å². The molecule has 0 aliphatic carbocycles. The van der Waals surface area contributed by atoms with Gasteiger partial charge >= 0.3 is 0 Å². The maximum Gasteiger partial charge on any atom is 0.249 e. The van der Waals surface area contributed by atoms with Crippen molar-refractivity contribution in [3.05, 3.63) is 52.3 Å². The van der Waals surface area contributed by atoms with Crippen LogP contribution in [0.4, 0.5) is 11.4 Å². The highest BCUT2D eigenvalue weighted by molar-refractivity contribution is 6.32. The Morgan fingerprint density at radius 3 is 2.72 bits per heavy atom. The smallest absolute Gasteiger partial charge is 0.249 e. The number of nitrogens with two attached hydrogens (primary N) is 2. The maximum atomic E-state index is 11.6. The summed E-state index contributed by atoms with van der Waals surface area (Å²) in [5, 5.41) is 11.7. The van der Waals surface area contributed by atoms with E-state index in [0.717, 1.165) is 6.42 Å². The number of hydrogen-bond donors (Lipinski definition) is 3. The zero-order valence-corrected chi connectivity index (χ0v) is 14.3. The number of carbonyl (C=O) groups is 1. The molecule has 2 aromatic rings. The molecule has 0 fully saturated rings. The molecule has 1 aromatic carbocycles. The van der Waals surface area contributed by atoms with Crippen LogP contribution in [0.3, 0.4) is 0 Å². The summed E-state index contributed by atoms with van der Waals surface area (Å²) in [5.41, 5.74) is 13.9. The lowest BCUT2D eigenvalue weighted by molar-refractivity contribution is 0.0999. The van der Waals surface area contributed by atoms with Crippen molar-refractivity contribution in [2.45, 2.75) is 19.8 Å². The van der Waals surface area contributed by atoms with Crippen molar-refractivity contribution in [3.63, 3.8) is 0 Å². The predicted molar refractivity (Wildman–Crippen MR) is 97.6 cm³/mol. The molecule has 0 bridgehead atoms. The minimum Gasteiger partial charge on any atom is -0.398 e. The SMILES string of the molecule is CCCc1c(C(N)=O)ccc(C(=Nc2cccnc2Cl)NC#N)c1N. The van der Waals surface area contributed by atoms with Crippen LogP contribution in [0.5, 0.6) is 0 Å². The Hall–Kier alpha value is -3.11. The highest BCUT2D eigenvalue weighted by Crippen LogP contribution is 2.27. The molecule has 0 aliphatic rings. The number of benzene rings is 1. The Morgan fingerprint density at radius 1 is 1.40 bits per heavy atom. The average molecular weight is 357 g/mol. The first-order valence-corrected chi connectivity index (χ1v) is 7.93. The van der Waals surface area contributed by atoms with E-state index in [1.807, 2.05) is 13.1 Å². The Morgan fingerprint density at radius 2 is 2.12 bits per heavy atom. The van der Waals surface area contributed by atoms with Gasteiger partial charge in [-0.05, 0) is 36.2 Å². The lowest BCUT2D eigenvalue weighted by Crippen LogP contribution is -2.23. The number of anilines is 1. The van der Waals surface area contributed by atoms with Crippen LogP contribution in [0.25, 0.3) is 0 Å². The van der Waals surface area contributed by atoms with Crippen LogP contribution in [0, 0.1) is 11.5 Å². The number of primary amides is 1. The molecule has 0 spiro atoms. The van der Waals surface area contributed by atoms with Gasteiger partial charge in [-0.15, -0.1) is 0 Å². The number of amidine groups is 1. The molecule has 1 aromatic heterocycles. The lowest BCUT2D eigenvalue weighted by atomic mass is 9.96. The topological polar surface area (TPSA) is 130 Å². The van der Waals surface area contributed by atoms with E-state index >= 15 is 0 Å². The minimum atomic E-state index is -0.552. The van der Waals surface area contributed by atoms with Crippen LogP contribution < -0.4 is 16.8 Å². The van der Waals surface area contributed by atoms with Crippen molar-refractivity contribution in [3.8, 4) is 6.19 Å². The summed E-state index contributed by atoms with van der Waals surface area (Å²) in [4.78, 5) is 19.9. The number of nitriles is 1. The average Bonchev–Trinajstić information content (AvgIpc) is 2.58.